The second-order valence-corrected chi connectivity index (χ2v) is 5.59. The van der Waals surface area contributed by atoms with Crippen molar-refractivity contribution in [3.8, 4) is 5.75 Å². The van der Waals surface area contributed by atoms with Crippen molar-refractivity contribution < 1.29 is 4.74 Å². The van der Waals surface area contributed by atoms with Crippen molar-refractivity contribution in [2.75, 3.05) is 6.61 Å². The topological polar surface area (TPSA) is 47.3 Å². The Bertz CT molecular complexity index is 306. The summed E-state index contributed by atoms with van der Waals surface area (Å²) in [6, 6.07) is 10.0. The van der Waals surface area contributed by atoms with Crippen molar-refractivity contribution in [1.82, 2.24) is 5.43 Å². The molecule has 0 aliphatic rings. The number of nitrogens with two attached hydrogens (primary N) is 1. The van der Waals surface area contributed by atoms with Gasteiger partial charge in [0.2, 0.25) is 0 Å². The highest BCUT2D eigenvalue weighted by atomic mass is 16.5. The van der Waals surface area contributed by atoms with Crippen LogP contribution in [0.1, 0.15) is 33.6 Å². The summed E-state index contributed by atoms with van der Waals surface area (Å²) in [7, 11) is 0. The third-order valence-electron chi connectivity index (χ3n) is 2.67. The van der Waals surface area contributed by atoms with Crippen LogP contribution in [0.2, 0.25) is 0 Å². The van der Waals surface area contributed by atoms with Gasteiger partial charge in [-0.3, -0.25) is 11.3 Å². The lowest BCUT2D eigenvalue weighted by Gasteiger charge is -2.22. The Labute approximate surface area is 104 Å². The Hall–Kier alpha value is -1.06. The van der Waals surface area contributed by atoms with Gasteiger partial charge >= 0.3 is 0 Å². The molecule has 0 saturated carbocycles. The maximum absolute atomic E-state index is 5.68. The van der Waals surface area contributed by atoms with Gasteiger partial charge in [0.05, 0.1) is 6.04 Å². The number of nitrogens with one attached hydrogen (secondary N) is 1. The molecule has 96 valence electrons. The summed E-state index contributed by atoms with van der Waals surface area (Å²) in [6.07, 6.45) is 2.15. The van der Waals surface area contributed by atoms with Crippen molar-refractivity contribution >= 4 is 0 Å². The fourth-order valence-corrected chi connectivity index (χ4v) is 1.54. The third kappa shape index (κ3) is 6.29. The lowest BCUT2D eigenvalue weighted by molar-refractivity contribution is 0.237. The van der Waals surface area contributed by atoms with E-state index >= 15 is 0 Å². The van der Waals surface area contributed by atoms with Gasteiger partial charge in [-0.1, -0.05) is 39.0 Å². The number of benzene rings is 1. The first-order valence-corrected chi connectivity index (χ1v) is 6.15. The quantitative estimate of drug-likeness (QED) is 0.590. The first kappa shape index (κ1) is 14.0. The Morgan fingerprint density at radius 2 is 1.88 bits per heavy atom. The van der Waals surface area contributed by atoms with E-state index in [9.17, 15) is 0 Å². The summed E-state index contributed by atoms with van der Waals surface area (Å²) in [5.74, 6) is 6.43. The fourth-order valence-electron chi connectivity index (χ4n) is 1.54. The molecule has 1 atom stereocenters. The van der Waals surface area contributed by atoms with Crippen LogP contribution in [-0.4, -0.2) is 12.6 Å². The zero-order valence-electron chi connectivity index (χ0n) is 11.1. The maximum atomic E-state index is 5.68. The van der Waals surface area contributed by atoms with Crippen LogP contribution in [0.5, 0.6) is 5.75 Å². The van der Waals surface area contributed by atoms with Crippen LogP contribution in [-0.2, 0) is 0 Å². The predicted molar refractivity (Wildman–Crippen MR) is 71.7 cm³/mol. The molecule has 0 amide bonds. The Balaban J connectivity index is 2.33. The molecule has 0 aliphatic carbocycles. The monoisotopic (exact) mass is 236 g/mol. The van der Waals surface area contributed by atoms with Crippen molar-refractivity contribution in [1.29, 1.82) is 0 Å². The molecule has 0 saturated heterocycles. The van der Waals surface area contributed by atoms with E-state index in [0.29, 0.717) is 12.0 Å². The molecule has 0 aliphatic heterocycles. The average Bonchev–Trinajstić information content (AvgIpc) is 2.29. The van der Waals surface area contributed by atoms with Gasteiger partial charge in [-0.05, 0) is 30.4 Å². The molecule has 3 nitrogen and oxygen atoms in total. The van der Waals surface area contributed by atoms with Gasteiger partial charge in [-0.2, -0.15) is 0 Å². The molecular weight excluding hydrogens is 212 g/mol. The van der Waals surface area contributed by atoms with Gasteiger partial charge in [-0.15, -0.1) is 0 Å². The Kier molecular flexibility index (Phi) is 5.45. The van der Waals surface area contributed by atoms with E-state index in [1.807, 2.05) is 30.3 Å². The summed E-state index contributed by atoms with van der Waals surface area (Å²) < 4.78 is 5.68. The molecule has 3 heteroatoms. The lowest BCUT2D eigenvalue weighted by atomic mass is 9.89. The number of hydrazine groups is 1. The normalized spacial score (nSPS) is 13.4. The molecule has 0 spiro atoms. The minimum atomic E-state index is 0.203. The fraction of sp³-hybridized carbons (Fsp3) is 0.571. The van der Waals surface area contributed by atoms with Crippen molar-refractivity contribution in [3.63, 3.8) is 0 Å². The minimum absolute atomic E-state index is 0.203. The molecule has 0 radical (unpaired) electrons. The highest BCUT2D eigenvalue weighted by Crippen LogP contribution is 2.21. The first-order valence-electron chi connectivity index (χ1n) is 6.15. The van der Waals surface area contributed by atoms with Gasteiger partial charge < -0.3 is 4.74 Å². The van der Waals surface area contributed by atoms with Crippen LogP contribution in [0, 0.1) is 5.41 Å². The Morgan fingerprint density at radius 1 is 1.24 bits per heavy atom. The van der Waals surface area contributed by atoms with Gasteiger partial charge in [-0.25, -0.2) is 0 Å². The van der Waals surface area contributed by atoms with E-state index in [1.165, 1.54) is 0 Å². The van der Waals surface area contributed by atoms with E-state index in [1.54, 1.807) is 0 Å². The molecule has 0 heterocycles. The van der Waals surface area contributed by atoms with Crippen LogP contribution in [0.15, 0.2) is 30.3 Å². The molecule has 0 bridgehead atoms. The Morgan fingerprint density at radius 3 is 2.41 bits per heavy atom. The predicted octanol–water partition coefficient (Wildman–Crippen LogP) is 2.72. The van der Waals surface area contributed by atoms with Gasteiger partial charge in [0.15, 0.2) is 0 Å². The molecule has 1 aromatic rings. The minimum Gasteiger partial charge on any atom is -0.492 e. The zero-order valence-corrected chi connectivity index (χ0v) is 11.1. The largest absolute Gasteiger partial charge is 0.492 e. The van der Waals surface area contributed by atoms with Gasteiger partial charge in [0, 0.05) is 0 Å². The molecule has 0 fully saturated rings. The van der Waals surface area contributed by atoms with E-state index in [4.69, 9.17) is 10.6 Å². The number of ether oxygens (including phenoxy) is 1. The van der Waals surface area contributed by atoms with Crippen molar-refractivity contribution in [2.45, 2.75) is 39.7 Å². The standard InChI is InChI=1S/C14H24N2O/c1-14(2,3)10-9-12(16-15)11-17-13-7-5-4-6-8-13/h4-8,12,16H,9-11,15H2,1-3H3. The van der Waals surface area contributed by atoms with E-state index in [2.05, 4.69) is 26.2 Å². The SMILES string of the molecule is CC(C)(C)CCC(COc1ccccc1)NN. The molecule has 3 N–H and O–H groups in total. The smallest absolute Gasteiger partial charge is 0.119 e. The zero-order chi connectivity index (χ0) is 12.7. The lowest BCUT2D eigenvalue weighted by Crippen LogP contribution is -2.40. The van der Waals surface area contributed by atoms with Crippen LogP contribution in [0.4, 0.5) is 0 Å². The average molecular weight is 236 g/mol. The number of hydrogen-bond acceptors (Lipinski definition) is 3. The van der Waals surface area contributed by atoms with Crippen LogP contribution < -0.4 is 16.0 Å². The highest BCUT2D eigenvalue weighted by Gasteiger charge is 2.14. The molecule has 17 heavy (non-hydrogen) atoms. The number of para-hydroxylation sites is 1. The van der Waals surface area contributed by atoms with E-state index < -0.39 is 0 Å². The molecule has 0 aromatic heterocycles. The second kappa shape index (κ2) is 6.62. The maximum Gasteiger partial charge on any atom is 0.119 e. The third-order valence-corrected chi connectivity index (χ3v) is 2.67. The van der Waals surface area contributed by atoms with Gasteiger partial charge in [0.1, 0.15) is 12.4 Å². The number of rotatable bonds is 6. The second-order valence-electron chi connectivity index (χ2n) is 5.59. The van der Waals surface area contributed by atoms with E-state index in [0.717, 1.165) is 18.6 Å². The van der Waals surface area contributed by atoms with Crippen LogP contribution in [0.3, 0.4) is 0 Å². The highest BCUT2D eigenvalue weighted by molar-refractivity contribution is 5.20. The number of hydrogen-bond donors (Lipinski definition) is 2. The van der Waals surface area contributed by atoms with Crippen molar-refractivity contribution in [2.24, 2.45) is 11.3 Å². The summed E-state index contributed by atoms with van der Waals surface area (Å²) in [5.41, 5.74) is 3.16. The van der Waals surface area contributed by atoms with E-state index in [-0.39, 0.29) is 6.04 Å². The summed E-state index contributed by atoms with van der Waals surface area (Å²) >= 11 is 0. The molecule has 1 rings (SSSR count). The molecule has 1 unspecified atom stereocenters. The van der Waals surface area contributed by atoms with Gasteiger partial charge in [0.25, 0.3) is 0 Å². The molecule has 1 aromatic carbocycles. The first-order chi connectivity index (χ1) is 8.01. The van der Waals surface area contributed by atoms with Crippen LogP contribution in [0.25, 0.3) is 0 Å². The van der Waals surface area contributed by atoms with Crippen LogP contribution >= 0.6 is 0 Å². The molecular formula is C14H24N2O. The van der Waals surface area contributed by atoms with Crippen molar-refractivity contribution in [3.05, 3.63) is 30.3 Å². The summed E-state index contributed by atoms with van der Waals surface area (Å²) in [5, 5.41) is 0. The summed E-state index contributed by atoms with van der Waals surface area (Å²) in [6.45, 7) is 7.31. The summed E-state index contributed by atoms with van der Waals surface area (Å²) in [4.78, 5) is 0.